The molecule has 0 atom stereocenters. The van der Waals surface area contributed by atoms with Crippen molar-refractivity contribution in [1.29, 1.82) is 0 Å². The topological polar surface area (TPSA) is 95.9 Å². The average Bonchev–Trinajstić information content (AvgIpc) is 2.62. The van der Waals surface area contributed by atoms with Crippen LogP contribution in [0.2, 0.25) is 0 Å². The number of carbonyl (C=O) groups is 3. The maximum Gasteiger partial charge on any atom is 0.335 e. The van der Waals surface area contributed by atoms with Gasteiger partial charge in [-0.2, -0.15) is 0 Å². The molecule has 1 fully saturated rings. The highest BCUT2D eigenvalue weighted by Gasteiger charge is 2.36. The third kappa shape index (κ3) is 3.40. The summed E-state index contributed by atoms with van der Waals surface area (Å²) in [5.41, 5.74) is 0.684. The van der Waals surface area contributed by atoms with E-state index in [1.165, 1.54) is 19.3 Å². The fraction of sp³-hybridized carbons (Fsp3) is 0.0556. The summed E-state index contributed by atoms with van der Waals surface area (Å²) in [6.45, 7) is 0. The lowest BCUT2D eigenvalue weighted by Crippen LogP contribution is -2.54. The molecule has 0 bridgehead atoms. The molecule has 0 saturated carbocycles. The summed E-state index contributed by atoms with van der Waals surface area (Å²) in [7, 11) is 1.51. The van der Waals surface area contributed by atoms with Crippen LogP contribution in [0.3, 0.4) is 0 Å². The van der Waals surface area contributed by atoms with E-state index in [0.29, 0.717) is 20.6 Å². The molecule has 8 heteroatoms. The molecule has 132 valence electrons. The first-order valence-corrected chi connectivity index (χ1v) is 8.52. The maximum atomic E-state index is 12.8. The zero-order valence-electron chi connectivity index (χ0n) is 13.5. The lowest BCUT2D eigenvalue weighted by atomic mass is 10.1. The van der Waals surface area contributed by atoms with Gasteiger partial charge in [-0.1, -0.05) is 6.07 Å². The maximum absolute atomic E-state index is 12.8. The van der Waals surface area contributed by atoms with Gasteiger partial charge in [0.1, 0.15) is 17.1 Å². The van der Waals surface area contributed by atoms with Crippen molar-refractivity contribution in [1.82, 2.24) is 5.32 Å². The number of amides is 4. The molecule has 1 heterocycles. The number of hydrogen-bond acceptors (Lipinski definition) is 5. The molecule has 0 aromatic heterocycles. The minimum atomic E-state index is -0.817. The van der Waals surface area contributed by atoms with E-state index in [1.54, 1.807) is 36.4 Å². The van der Waals surface area contributed by atoms with Crippen LogP contribution in [-0.4, -0.2) is 30.1 Å². The second kappa shape index (κ2) is 7.16. The SMILES string of the molecule is COc1ccc(N2C(=O)NC(=O)/C(=C\c3ccc(O)c(I)c3)C2=O)cc1. The second-order valence-corrected chi connectivity index (χ2v) is 6.53. The van der Waals surface area contributed by atoms with Crippen molar-refractivity contribution < 1.29 is 24.2 Å². The highest BCUT2D eigenvalue weighted by Crippen LogP contribution is 2.25. The van der Waals surface area contributed by atoms with Gasteiger partial charge in [0, 0.05) is 0 Å². The van der Waals surface area contributed by atoms with Crippen LogP contribution in [0.1, 0.15) is 5.56 Å². The number of phenols is 1. The second-order valence-electron chi connectivity index (χ2n) is 5.37. The molecule has 4 amide bonds. The summed E-state index contributed by atoms with van der Waals surface area (Å²) in [5.74, 6) is -0.828. The molecule has 2 aromatic carbocycles. The number of carbonyl (C=O) groups excluding carboxylic acids is 3. The van der Waals surface area contributed by atoms with Gasteiger partial charge in [-0.05, 0) is 70.6 Å². The highest BCUT2D eigenvalue weighted by molar-refractivity contribution is 14.1. The first kappa shape index (κ1) is 17.9. The van der Waals surface area contributed by atoms with E-state index in [4.69, 9.17) is 4.74 Å². The van der Waals surface area contributed by atoms with Crippen LogP contribution in [0.15, 0.2) is 48.0 Å². The Bertz CT molecular complexity index is 937. The van der Waals surface area contributed by atoms with Crippen molar-refractivity contribution in [3.63, 3.8) is 0 Å². The number of imide groups is 2. The first-order chi connectivity index (χ1) is 12.4. The number of barbiturate groups is 1. The molecule has 1 aliphatic heterocycles. The number of methoxy groups -OCH3 is 1. The quantitative estimate of drug-likeness (QED) is 0.414. The van der Waals surface area contributed by atoms with Crippen LogP contribution in [0, 0.1) is 3.57 Å². The Balaban J connectivity index is 1.99. The van der Waals surface area contributed by atoms with Crippen molar-refractivity contribution in [3.8, 4) is 11.5 Å². The monoisotopic (exact) mass is 464 g/mol. The van der Waals surface area contributed by atoms with Gasteiger partial charge in [-0.15, -0.1) is 0 Å². The average molecular weight is 464 g/mol. The Kier molecular flexibility index (Phi) is 4.94. The van der Waals surface area contributed by atoms with Gasteiger partial charge in [0.25, 0.3) is 11.8 Å². The molecule has 2 aromatic rings. The van der Waals surface area contributed by atoms with Gasteiger partial charge < -0.3 is 9.84 Å². The summed E-state index contributed by atoms with van der Waals surface area (Å²) in [6.07, 6.45) is 1.38. The van der Waals surface area contributed by atoms with Crippen molar-refractivity contribution in [2.45, 2.75) is 0 Å². The molecule has 2 N–H and O–H groups in total. The van der Waals surface area contributed by atoms with Gasteiger partial charge in [0.05, 0.1) is 16.4 Å². The standard InChI is InChI=1S/C18H13IN2O5/c1-26-12-5-3-11(4-6-12)21-17(24)13(16(23)20-18(21)25)8-10-2-7-15(22)14(19)9-10/h2-9,22H,1H3,(H,20,23,25)/b13-8+. The Morgan fingerprint density at radius 2 is 1.81 bits per heavy atom. The van der Waals surface area contributed by atoms with Gasteiger partial charge in [-0.25, -0.2) is 9.69 Å². The molecule has 26 heavy (non-hydrogen) atoms. The van der Waals surface area contributed by atoms with Crippen LogP contribution in [-0.2, 0) is 9.59 Å². The number of nitrogens with one attached hydrogen (secondary N) is 1. The van der Waals surface area contributed by atoms with Gasteiger partial charge in [-0.3, -0.25) is 14.9 Å². The van der Waals surface area contributed by atoms with Gasteiger partial charge >= 0.3 is 6.03 Å². The summed E-state index contributed by atoms with van der Waals surface area (Å²) in [6, 6.07) is 10.2. The van der Waals surface area contributed by atoms with E-state index in [0.717, 1.165) is 4.90 Å². The number of ether oxygens (including phenoxy) is 1. The summed E-state index contributed by atoms with van der Waals surface area (Å²) < 4.78 is 5.63. The number of rotatable bonds is 3. The zero-order chi connectivity index (χ0) is 18.8. The number of urea groups is 1. The number of hydrogen-bond donors (Lipinski definition) is 2. The molecule has 1 saturated heterocycles. The van der Waals surface area contributed by atoms with Crippen LogP contribution < -0.4 is 15.0 Å². The Morgan fingerprint density at radius 3 is 2.42 bits per heavy atom. The predicted octanol–water partition coefficient (Wildman–Crippen LogP) is 2.67. The summed E-state index contributed by atoms with van der Waals surface area (Å²) in [4.78, 5) is 37.9. The van der Waals surface area contributed by atoms with Crippen LogP contribution in [0.4, 0.5) is 10.5 Å². The normalized spacial score (nSPS) is 16.0. The number of nitrogens with zero attached hydrogens (tertiary/aromatic N) is 1. The van der Waals surface area contributed by atoms with Gasteiger partial charge in [0.2, 0.25) is 0 Å². The third-order valence-electron chi connectivity index (χ3n) is 3.72. The molecule has 0 aliphatic carbocycles. The number of halogens is 1. The fourth-order valence-corrected chi connectivity index (χ4v) is 2.94. The predicted molar refractivity (Wildman–Crippen MR) is 103 cm³/mol. The number of aromatic hydroxyl groups is 1. The van der Waals surface area contributed by atoms with Crippen LogP contribution >= 0.6 is 22.6 Å². The van der Waals surface area contributed by atoms with E-state index >= 15 is 0 Å². The molecular formula is C18H13IN2O5. The van der Waals surface area contributed by atoms with E-state index in [2.05, 4.69) is 5.32 Å². The Hall–Kier alpha value is -2.88. The van der Waals surface area contributed by atoms with E-state index < -0.39 is 17.8 Å². The summed E-state index contributed by atoms with van der Waals surface area (Å²) in [5, 5.41) is 11.7. The molecule has 1 aliphatic rings. The molecule has 0 radical (unpaired) electrons. The van der Waals surface area contributed by atoms with Crippen molar-refractivity contribution in [2.24, 2.45) is 0 Å². The van der Waals surface area contributed by atoms with Crippen molar-refractivity contribution in [3.05, 3.63) is 57.2 Å². The van der Waals surface area contributed by atoms with E-state index in [9.17, 15) is 19.5 Å². The lowest BCUT2D eigenvalue weighted by molar-refractivity contribution is -0.122. The number of phenolic OH excluding ortho intramolecular Hbond substituents is 1. The fourth-order valence-electron chi connectivity index (χ4n) is 2.40. The highest BCUT2D eigenvalue weighted by atomic mass is 127. The van der Waals surface area contributed by atoms with Crippen LogP contribution in [0.5, 0.6) is 11.5 Å². The van der Waals surface area contributed by atoms with E-state index in [-0.39, 0.29) is 11.3 Å². The minimum Gasteiger partial charge on any atom is -0.507 e. The van der Waals surface area contributed by atoms with Crippen molar-refractivity contribution >= 4 is 52.2 Å². The Morgan fingerprint density at radius 1 is 1.12 bits per heavy atom. The molecule has 0 spiro atoms. The number of anilines is 1. The van der Waals surface area contributed by atoms with Crippen LogP contribution in [0.25, 0.3) is 6.08 Å². The number of benzene rings is 2. The molecule has 0 unspecified atom stereocenters. The molecular weight excluding hydrogens is 451 g/mol. The Labute approximate surface area is 162 Å². The largest absolute Gasteiger partial charge is 0.507 e. The first-order valence-electron chi connectivity index (χ1n) is 7.44. The lowest BCUT2D eigenvalue weighted by Gasteiger charge is -2.26. The molecule has 7 nitrogen and oxygen atoms in total. The van der Waals surface area contributed by atoms with Gasteiger partial charge in [0.15, 0.2) is 0 Å². The third-order valence-corrected chi connectivity index (χ3v) is 4.58. The summed E-state index contributed by atoms with van der Waals surface area (Å²) >= 11 is 1.94. The van der Waals surface area contributed by atoms with E-state index in [1.807, 2.05) is 22.6 Å². The zero-order valence-corrected chi connectivity index (χ0v) is 15.7. The van der Waals surface area contributed by atoms with Crippen molar-refractivity contribution in [2.75, 3.05) is 12.0 Å². The molecule has 3 rings (SSSR count). The minimum absolute atomic E-state index is 0.0993. The smallest absolute Gasteiger partial charge is 0.335 e.